The molecule has 1 aliphatic heterocycles. The molecule has 1 saturated heterocycles. The van der Waals surface area contributed by atoms with Crippen LogP contribution in [0.1, 0.15) is 30.1 Å². The maximum atomic E-state index is 10.3. The molecule has 3 nitrogen and oxygen atoms in total. The third-order valence-corrected chi connectivity index (χ3v) is 5.40. The maximum Gasteiger partial charge on any atom is 0.0916 e. The average molecular weight is 330 g/mol. The largest absolute Gasteiger partial charge is 0.387 e. The normalized spacial score (nSPS) is 18.1. The molecule has 0 aliphatic carbocycles. The summed E-state index contributed by atoms with van der Waals surface area (Å²) in [5.74, 6) is 0.763. The number of thiophene rings is 1. The predicted octanol–water partition coefficient (Wildman–Crippen LogP) is 3.28. The fourth-order valence-corrected chi connectivity index (χ4v) is 3.88. The molecule has 0 spiro atoms. The SMILES string of the molecule is O[C@H](CN1CCC(CNCc2ccsc2)CC1)c1ccccc1. The fourth-order valence-electron chi connectivity index (χ4n) is 3.21. The van der Waals surface area contributed by atoms with Crippen molar-refractivity contribution in [3.8, 4) is 0 Å². The topological polar surface area (TPSA) is 35.5 Å². The van der Waals surface area contributed by atoms with Crippen molar-refractivity contribution in [1.29, 1.82) is 0 Å². The van der Waals surface area contributed by atoms with E-state index in [2.05, 4.69) is 27.0 Å². The summed E-state index contributed by atoms with van der Waals surface area (Å²) < 4.78 is 0. The molecule has 3 rings (SSSR count). The maximum absolute atomic E-state index is 10.3. The molecule has 2 aromatic rings. The Morgan fingerprint density at radius 3 is 2.65 bits per heavy atom. The van der Waals surface area contributed by atoms with Crippen LogP contribution in [0.3, 0.4) is 0 Å². The highest BCUT2D eigenvalue weighted by Crippen LogP contribution is 2.20. The number of nitrogens with one attached hydrogen (secondary N) is 1. The molecule has 0 amide bonds. The molecule has 1 aromatic heterocycles. The van der Waals surface area contributed by atoms with Crippen molar-refractivity contribution in [3.05, 3.63) is 58.3 Å². The molecular formula is C19H26N2OS. The minimum atomic E-state index is -0.371. The van der Waals surface area contributed by atoms with Crippen LogP contribution in [0.2, 0.25) is 0 Å². The highest BCUT2D eigenvalue weighted by Gasteiger charge is 2.21. The zero-order chi connectivity index (χ0) is 15.9. The van der Waals surface area contributed by atoms with E-state index in [9.17, 15) is 5.11 Å². The number of aliphatic hydroxyl groups is 1. The first kappa shape index (κ1) is 16.7. The Kier molecular flexibility index (Phi) is 6.22. The van der Waals surface area contributed by atoms with Crippen LogP contribution in [0.15, 0.2) is 47.2 Å². The Labute approximate surface area is 143 Å². The zero-order valence-electron chi connectivity index (χ0n) is 13.5. The van der Waals surface area contributed by atoms with E-state index in [4.69, 9.17) is 0 Å². The van der Waals surface area contributed by atoms with Gasteiger partial charge in [-0.3, -0.25) is 0 Å². The molecule has 1 aliphatic rings. The first-order valence-corrected chi connectivity index (χ1v) is 9.42. The van der Waals surface area contributed by atoms with E-state index in [0.717, 1.165) is 44.2 Å². The monoisotopic (exact) mass is 330 g/mol. The number of nitrogens with zero attached hydrogens (tertiary/aromatic N) is 1. The van der Waals surface area contributed by atoms with Crippen LogP contribution in [0.25, 0.3) is 0 Å². The van der Waals surface area contributed by atoms with E-state index >= 15 is 0 Å². The number of piperidine rings is 1. The van der Waals surface area contributed by atoms with Crippen LogP contribution < -0.4 is 5.32 Å². The van der Waals surface area contributed by atoms with Gasteiger partial charge in [-0.2, -0.15) is 11.3 Å². The molecule has 4 heteroatoms. The summed E-state index contributed by atoms with van der Waals surface area (Å²) in [7, 11) is 0. The molecule has 0 saturated carbocycles. The number of hydrogen-bond acceptors (Lipinski definition) is 4. The second-order valence-corrected chi connectivity index (χ2v) is 7.21. The standard InChI is InChI=1S/C19H26N2OS/c22-19(18-4-2-1-3-5-18)14-21-9-6-16(7-10-21)12-20-13-17-8-11-23-15-17/h1-5,8,11,15-16,19-20,22H,6-7,9-10,12-14H2/t19-/m1/s1. The molecule has 1 fully saturated rings. The van der Waals surface area contributed by atoms with E-state index in [-0.39, 0.29) is 6.10 Å². The summed E-state index contributed by atoms with van der Waals surface area (Å²) in [4.78, 5) is 2.40. The lowest BCUT2D eigenvalue weighted by Crippen LogP contribution is -2.39. The van der Waals surface area contributed by atoms with Gasteiger partial charge in [0.05, 0.1) is 6.10 Å². The van der Waals surface area contributed by atoms with E-state index in [1.807, 2.05) is 30.3 Å². The minimum Gasteiger partial charge on any atom is -0.387 e. The second-order valence-electron chi connectivity index (χ2n) is 6.43. The first-order valence-electron chi connectivity index (χ1n) is 8.48. The summed E-state index contributed by atoms with van der Waals surface area (Å²) >= 11 is 1.76. The number of hydrogen-bond donors (Lipinski definition) is 2. The van der Waals surface area contributed by atoms with E-state index in [1.54, 1.807) is 11.3 Å². The van der Waals surface area contributed by atoms with Crippen molar-refractivity contribution in [2.75, 3.05) is 26.2 Å². The van der Waals surface area contributed by atoms with Crippen molar-refractivity contribution in [2.45, 2.75) is 25.5 Å². The van der Waals surface area contributed by atoms with Crippen LogP contribution in [0.4, 0.5) is 0 Å². The number of aliphatic hydroxyl groups excluding tert-OH is 1. The lowest BCUT2D eigenvalue weighted by molar-refractivity contribution is 0.0891. The number of benzene rings is 1. The lowest BCUT2D eigenvalue weighted by Gasteiger charge is -2.33. The highest BCUT2D eigenvalue weighted by molar-refractivity contribution is 7.07. The van der Waals surface area contributed by atoms with Crippen LogP contribution in [-0.2, 0) is 6.54 Å². The third kappa shape index (κ3) is 5.15. The Morgan fingerprint density at radius 2 is 1.96 bits per heavy atom. The summed E-state index contributed by atoms with van der Waals surface area (Å²) in [5, 5.41) is 18.3. The van der Waals surface area contributed by atoms with Crippen LogP contribution in [0, 0.1) is 5.92 Å². The quantitative estimate of drug-likeness (QED) is 0.818. The summed E-state index contributed by atoms with van der Waals surface area (Å²) in [6.45, 7) is 5.02. The molecule has 2 N–H and O–H groups in total. The molecule has 23 heavy (non-hydrogen) atoms. The molecule has 0 bridgehead atoms. The molecule has 0 unspecified atom stereocenters. The van der Waals surface area contributed by atoms with Crippen molar-refractivity contribution in [2.24, 2.45) is 5.92 Å². The Bertz CT molecular complexity index is 550. The summed E-state index contributed by atoms with van der Waals surface area (Å²) in [6, 6.07) is 12.2. The molecule has 2 heterocycles. The lowest BCUT2D eigenvalue weighted by atomic mass is 9.96. The molecular weight excluding hydrogens is 304 g/mol. The molecule has 1 atom stereocenters. The smallest absolute Gasteiger partial charge is 0.0916 e. The second kappa shape index (κ2) is 8.60. The van der Waals surface area contributed by atoms with Gasteiger partial charge in [0.2, 0.25) is 0 Å². The Morgan fingerprint density at radius 1 is 1.17 bits per heavy atom. The molecule has 1 aromatic carbocycles. The van der Waals surface area contributed by atoms with Gasteiger partial charge in [0.25, 0.3) is 0 Å². The third-order valence-electron chi connectivity index (χ3n) is 4.66. The Balaban J connectivity index is 1.35. The first-order chi connectivity index (χ1) is 11.3. The number of rotatable bonds is 7. The summed E-state index contributed by atoms with van der Waals surface area (Å²) in [6.07, 6.45) is 2.07. The predicted molar refractivity (Wildman–Crippen MR) is 96.6 cm³/mol. The van der Waals surface area contributed by atoms with Gasteiger partial charge >= 0.3 is 0 Å². The minimum absolute atomic E-state index is 0.371. The van der Waals surface area contributed by atoms with Crippen LogP contribution >= 0.6 is 11.3 Å². The van der Waals surface area contributed by atoms with Crippen LogP contribution in [0.5, 0.6) is 0 Å². The van der Waals surface area contributed by atoms with E-state index in [0.29, 0.717) is 0 Å². The molecule has 124 valence electrons. The van der Waals surface area contributed by atoms with Gasteiger partial charge in [-0.05, 0) is 66.3 Å². The van der Waals surface area contributed by atoms with Gasteiger partial charge in [-0.15, -0.1) is 0 Å². The van der Waals surface area contributed by atoms with Gasteiger partial charge in [0.15, 0.2) is 0 Å². The molecule has 0 radical (unpaired) electrons. The van der Waals surface area contributed by atoms with Crippen molar-refractivity contribution < 1.29 is 5.11 Å². The van der Waals surface area contributed by atoms with Crippen LogP contribution in [-0.4, -0.2) is 36.2 Å². The van der Waals surface area contributed by atoms with Crippen molar-refractivity contribution in [3.63, 3.8) is 0 Å². The fraction of sp³-hybridized carbons (Fsp3) is 0.474. The van der Waals surface area contributed by atoms with Gasteiger partial charge in [0.1, 0.15) is 0 Å². The highest BCUT2D eigenvalue weighted by atomic mass is 32.1. The van der Waals surface area contributed by atoms with Crippen molar-refractivity contribution in [1.82, 2.24) is 10.2 Å². The van der Waals surface area contributed by atoms with Crippen molar-refractivity contribution >= 4 is 11.3 Å². The number of β-amino-alcohol motifs (C(OH)–C–C–N with tert-alkyl or cyclic N) is 1. The summed E-state index contributed by atoms with van der Waals surface area (Å²) in [5.41, 5.74) is 2.41. The average Bonchev–Trinajstić information content (AvgIpc) is 3.11. The number of likely N-dealkylation sites (tertiary alicyclic amines) is 1. The Hall–Kier alpha value is -1.20. The van der Waals surface area contributed by atoms with E-state index in [1.165, 1.54) is 18.4 Å². The van der Waals surface area contributed by atoms with Gasteiger partial charge in [-0.25, -0.2) is 0 Å². The zero-order valence-corrected chi connectivity index (χ0v) is 14.3. The van der Waals surface area contributed by atoms with E-state index < -0.39 is 0 Å². The van der Waals surface area contributed by atoms with Gasteiger partial charge in [-0.1, -0.05) is 30.3 Å². The van der Waals surface area contributed by atoms with Gasteiger partial charge in [0, 0.05) is 13.1 Å². The van der Waals surface area contributed by atoms with Gasteiger partial charge < -0.3 is 15.3 Å².